The first-order valence-electron chi connectivity index (χ1n) is 7.69. The van der Waals surface area contributed by atoms with E-state index < -0.39 is 35.7 Å². The standard InChI is InChI=1S/C16H17BF3N3O2/c1-15(2)16(3,4)25-17(24-15)14(20)7-10-9-23(22-21-10)11-5-6-12(18)13(19)8-11/h5-9H,1-4H3. The van der Waals surface area contributed by atoms with Gasteiger partial charge in [0.25, 0.3) is 0 Å². The Hall–Kier alpha value is -2.13. The minimum Gasteiger partial charge on any atom is -0.398 e. The zero-order valence-electron chi connectivity index (χ0n) is 14.3. The van der Waals surface area contributed by atoms with Crippen molar-refractivity contribution in [2.75, 3.05) is 0 Å². The SMILES string of the molecule is CC1(C)OB(C(F)=Cc2cn(-c3ccc(F)c(F)c3)nn2)OC1(C)C. The molecule has 0 radical (unpaired) electrons. The van der Waals surface area contributed by atoms with E-state index in [0.717, 1.165) is 18.2 Å². The van der Waals surface area contributed by atoms with Crippen molar-refractivity contribution in [2.45, 2.75) is 38.9 Å². The van der Waals surface area contributed by atoms with Gasteiger partial charge in [-0.3, -0.25) is 0 Å². The van der Waals surface area contributed by atoms with Gasteiger partial charge < -0.3 is 9.31 Å². The van der Waals surface area contributed by atoms with E-state index in [9.17, 15) is 13.2 Å². The summed E-state index contributed by atoms with van der Waals surface area (Å²) in [5.41, 5.74) is -1.52. The lowest BCUT2D eigenvalue weighted by Crippen LogP contribution is -2.41. The maximum Gasteiger partial charge on any atom is 0.525 e. The second-order valence-corrected chi connectivity index (χ2v) is 6.80. The molecule has 1 aliphatic rings. The van der Waals surface area contributed by atoms with Crippen molar-refractivity contribution >= 4 is 13.2 Å². The van der Waals surface area contributed by atoms with E-state index >= 15 is 0 Å². The fraction of sp³-hybridized carbons (Fsp3) is 0.375. The Kier molecular flexibility index (Phi) is 4.24. The molecule has 0 aliphatic carbocycles. The van der Waals surface area contributed by atoms with Crippen molar-refractivity contribution in [1.82, 2.24) is 15.0 Å². The van der Waals surface area contributed by atoms with Gasteiger partial charge in [0.05, 0.1) is 23.1 Å². The van der Waals surface area contributed by atoms with Crippen LogP contribution in [0.2, 0.25) is 0 Å². The Morgan fingerprint density at radius 3 is 2.36 bits per heavy atom. The summed E-state index contributed by atoms with van der Waals surface area (Å²) < 4.78 is 53.1. The number of hydrogen-bond acceptors (Lipinski definition) is 4. The fourth-order valence-corrected chi connectivity index (χ4v) is 2.26. The number of nitrogens with zero attached hydrogens (tertiary/aromatic N) is 3. The van der Waals surface area contributed by atoms with Gasteiger partial charge in [0, 0.05) is 6.07 Å². The molecule has 0 bridgehead atoms. The van der Waals surface area contributed by atoms with E-state index in [2.05, 4.69) is 10.3 Å². The molecule has 132 valence electrons. The summed E-state index contributed by atoms with van der Waals surface area (Å²) in [6, 6.07) is 3.29. The second-order valence-electron chi connectivity index (χ2n) is 6.80. The van der Waals surface area contributed by atoms with E-state index in [1.54, 1.807) is 0 Å². The third-order valence-corrected chi connectivity index (χ3v) is 4.44. The Balaban J connectivity index is 1.81. The quantitative estimate of drug-likeness (QED) is 0.795. The van der Waals surface area contributed by atoms with Gasteiger partial charge in [0.2, 0.25) is 0 Å². The number of halogens is 3. The summed E-state index contributed by atoms with van der Waals surface area (Å²) in [7, 11) is -1.14. The molecule has 3 rings (SSSR count). The average molecular weight is 351 g/mol. The third-order valence-electron chi connectivity index (χ3n) is 4.44. The van der Waals surface area contributed by atoms with Crippen LogP contribution in [0.4, 0.5) is 13.2 Å². The van der Waals surface area contributed by atoms with Crippen molar-refractivity contribution in [3.8, 4) is 5.69 Å². The van der Waals surface area contributed by atoms with Crippen molar-refractivity contribution in [3.63, 3.8) is 0 Å². The highest BCUT2D eigenvalue weighted by atomic mass is 19.2. The van der Waals surface area contributed by atoms with Crippen LogP contribution in [0, 0.1) is 11.6 Å². The zero-order chi connectivity index (χ0) is 18.4. The first-order valence-corrected chi connectivity index (χ1v) is 7.69. The van der Waals surface area contributed by atoms with Crippen molar-refractivity contribution < 1.29 is 22.5 Å². The zero-order valence-corrected chi connectivity index (χ0v) is 14.3. The molecule has 0 N–H and O–H groups in total. The Morgan fingerprint density at radius 2 is 1.76 bits per heavy atom. The van der Waals surface area contributed by atoms with Crippen molar-refractivity contribution in [3.05, 3.63) is 47.5 Å². The van der Waals surface area contributed by atoms with Gasteiger partial charge in [-0.15, -0.1) is 5.10 Å². The van der Waals surface area contributed by atoms with Crippen LogP contribution >= 0.6 is 0 Å². The Bertz CT molecular complexity index is 820. The molecule has 25 heavy (non-hydrogen) atoms. The molecule has 0 spiro atoms. The molecule has 1 aliphatic heterocycles. The van der Waals surface area contributed by atoms with E-state index in [4.69, 9.17) is 9.31 Å². The van der Waals surface area contributed by atoms with Crippen LogP contribution < -0.4 is 0 Å². The lowest BCUT2D eigenvalue weighted by Gasteiger charge is -2.32. The van der Waals surface area contributed by atoms with E-state index in [1.807, 2.05) is 27.7 Å². The van der Waals surface area contributed by atoms with Gasteiger partial charge in [-0.05, 0) is 45.9 Å². The second kappa shape index (κ2) is 6.00. The molecule has 2 aromatic rings. The number of hydrogen-bond donors (Lipinski definition) is 0. The molecule has 5 nitrogen and oxygen atoms in total. The van der Waals surface area contributed by atoms with Crippen LogP contribution in [-0.4, -0.2) is 33.3 Å². The van der Waals surface area contributed by atoms with Gasteiger partial charge in [-0.25, -0.2) is 17.9 Å². The van der Waals surface area contributed by atoms with Crippen LogP contribution in [0.15, 0.2) is 30.1 Å². The molecule has 2 heterocycles. The van der Waals surface area contributed by atoms with Crippen LogP contribution in [0.5, 0.6) is 0 Å². The highest BCUT2D eigenvalue weighted by Crippen LogP contribution is 2.38. The maximum absolute atomic E-state index is 14.4. The first-order chi connectivity index (χ1) is 11.6. The predicted molar refractivity (Wildman–Crippen MR) is 86.4 cm³/mol. The summed E-state index contributed by atoms with van der Waals surface area (Å²) >= 11 is 0. The molecule has 9 heteroatoms. The van der Waals surface area contributed by atoms with Gasteiger partial charge >= 0.3 is 7.12 Å². The molecule has 1 fully saturated rings. The maximum atomic E-state index is 14.4. The highest BCUT2D eigenvalue weighted by Gasteiger charge is 2.53. The number of benzene rings is 1. The van der Waals surface area contributed by atoms with Crippen molar-refractivity contribution in [2.24, 2.45) is 0 Å². The summed E-state index contributed by atoms with van der Waals surface area (Å²) in [4.78, 5) is 0. The first kappa shape index (κ1) is 17.7. The lowest BCUT2D eigenvalue weighted by molar-refractivity contribution is 0.00578. The topological polar surface area (TPSA) is 49.2 Å². The molecule has 0 amide bonds. The van der Waals surface area contributed by atoms with E-state index in [1.165, 1.54) is 16.9 Å². The number of aromatic nitrogens is 3. The average Bonchev–Trinajstić information content (AvgIpc) is 3.05. The molecule has 0 saturated carbocycles. The highest BCUT2D eigenvalue weighted by molar-refractivity contribution is 6.54. The third kappa shape index (κ3) is 3.34. The molecule has 1 aromatic heterocycles. The lowest BCUT2D eigenvalue weighted by atomic mass is 9.87. The van der Waals surface area contributed by atoms with E-state index in [0.29, 0.717) is 0 Å². The monoisotopic (exact) mass is 351 g/mol. The normalized spacial score (nSPS) is 19.5. The smallest absolute Gasteiger partial charge is 0.398 e. The molecular formula is C16H17BF3N3O2. The Labute approximate surface area is 143 Å². The number of rotatable bonds is 3. The van der Waals surface area contributed by atoms with Gasteiger partial charge in [0.1, 0.15) is 11.4 Å². The molecule has 0 unspecified atom stereocenters. The minimum absolute atomic E-state index is 0.192. The van der Waals surface area contributed by atoms with Gasteiger partial charge in [-0.2, -0.15) is 0 Å². The van der Waals surface area contributed by atoms with E-state index in [-0.39, 0.29) is 11.4 Å². The summed E-state index contributed by atoms with van der Waals surface area (Å²) in [5, 5.41) is 7.58. The van der Waals surface area contributed by atoms with Crippen molar-refractivity contribution in [1.29, 1.82) is 0 Å². The van der Waals surface area contributed by atoms with Gasteiger partial charge in [-0.1, -0.05) is 5.21 Å². The fourth-order valence-electron chi connectivity index (χ4n) is 2.26. The molecule has 1 saturated heterocycles. The molecule has 0 atom stereocenters. The van der Waals surface area contributed by atoms with Crippen LogP contribution in [0.25, 0.3) is 11.8 Å². The summed E-state index contributed by atoms with van der Waals surface area (Å²) in [6.45, 7) is 7.28. The summed E-state index contributed by atoms with van der Waals surface area (Å²) in [6.07, 6.45) is 2.52. The molecular weight excluding hydrogens is 334 g/mol. The van der Waals surface area contributed by atoms with Crippen LogP contribution in [0.1, 0.15) is 33.4 Å². The Morgan fingerprint density at radius 1 is 1.12 bits per heavy atom. The van der Waals surface area contributed by atoms with Crippen LogP contribution in [0.3, 0.4) is 0 Å². The largest absolute Gasteiger partial charge is 0.525 e. The minimum atomic E-state index is -1.14. The van der Waals surface area contributed by atoms with Crippen LogP contribution in [-0.2, 0) is 9.31 Å². The summed E-state index contributed by atoms with van der Waals surface area (Å²) in [5.74, 6) is -1.97. The van der Waals surface area contributed by atoms with Gasteiger partial charge in [0.15, 0.2) is 11.6 Å². The molecule has 1 aromatic carbocycles. The predicted octanol–water partition coefficient (Wildman–Crippen LogP) is 3.49.